The van der Waals surface area contributed by atoms with Gasteiger partial charge in [-0.25, -0.2) is 0 Å². The topological polar surface area (TPSA) is 66.6 Å². The van der Waals surface area contributed by atoms with Crippen molar-refractivity contribution in [3.05, 3.63) is 0 Å². The number of rotatable bonds is 6. The number of nitrogens with zero attached hydrogens (tertiary/aromatic N) is 1. The predicted octanol–water partition coefficient (Wildman–Crippen LogP) is 1.23. The Balaban J connectivity index is 4.70. The Bertz CT molecular complexity index is 234. The molecule has 0 saturated carbocycles. The molecule has 0 spiro atoms. The van der Waals surface area contributed by atoms with Crippen molar-refractivity contribution < 1.29 is 9.90 Å². The van der Waals surface area contributed by atoms with Crippen LogP contribution in [0.2, 0.25) is 0 Å². The lowest BCUT2D eigenvalue weighted by Crippen LogP contribution is -2.45. The lowest BCUT2D eigenvalue weighted by Gasteiger charge is -2.32. The molecule has 0 aliphatic rings. The van der Waals surface area contributed by atoms with E-state index >= 15 is 0 Å². The molecule has 0 aromatic rings. The second-order valence-electron chi connectivity index (χ2n) is 6.05. The number of carbonyl (C=O) groups is 1. The number of carbonyl (C=O) groups excluding carboxylic acids is 1. The first kappa shape index (κ1) is 16.4. The second-order valence-corrected chi connectivity index (χ2v) is 6.05. The van der Waals surface area contributed by atoms with Crippen LogP contribution in [-0.2, 0) is 4.79 Å². The molecule has 0 aliphatic carbocycles. The number of hydrogen-bond acceptors (Lipinski definition) is 3. The summed E-state index contributed by atoms with van der Waals surface area (Å²) in [4.78, 5) is 14.0. The highest BCUT2D eigenvalue weighted by Gasteiger charge is 2.28. The summed E-state index contributed by atoms with van der Waals surface area (Å²) in [7, 11) is 0. The van der Waals surface area contributed by atoms with Crippen LogP contribution < -0.4 is 5.73 Å². The number of hydrogen-bond donors (Lipinski definition) is 2. The molecule has 102 valence electrons. The van der Waals surface area contributed by atoms with E-state index in [1.807, 2.05) is 13.8 Å². The van der Waals surface area contributed by atoms with Crippen molar-refractivity contribution in [2.45, 2.75) is 47.1 Å². The van der Waals surface area contributed by atoms with E-state index < -0.39 is 0 Å². The largest absolute Gasteiger partial charge is 0.395 e. The molecule has 0 aliphatic heterocycles. The quantitative estimate of drug-likeness (QED) is 0.738. The molecule has 4 heteroatoms. The molecule has 4 nitrogen and oxygen atoms in total. The molecule has 0 heterocycles. The summed E-state index contributed by atoms with van der Waals surface area (Å²) in [6.07, 6.45) is 0.775. The highest BCUT2D eigenvalue weighted by Crippen LogP contribution is 2.25. The molecule has 0 fully saturated rings. The minimum Gasteiger partial charge on any atom is -0.395 e. The van der Waals surface area contributed by atoms with E-state index in [1.54, 1.807) is 4.90 Å². The summed E-state index contributed by atoms with van der Waals surface area (Å²) >= 11 is 0. The standard InChI is InChI=1S/C13H28N2O2/c1-10(2)15(6-7-16)12(17)11(9-14)8-13(3,4)5/h10-11,16H,6-9,14H2,1-5H3. The first-order valence-electron chi connectivity index (χ1n) is 6.34. The molecule has 1 unspecified atom stereocenters. The van der Waals surface area contributed by atoms with Crippen LogP contribution in [0.5, 0.6) is 0 Å². The van der Waals surface area contributed by atoms with Crippen LogP contribution in [-0.4, -0.2) is 41.7 Å². The van der Waals surface area contributed by atoms with Gasteiger partial charge in [0, 0.05) is 19.1 Å². The maximum Gasteiger partial charge on any atom is 0.227 e. The van der Waals surface area contributed by atoms with E-state index in [4.69, 9.17) is 10.8 Å². The van der Waals surface area contributed by atoms with Gasteiger partial charge in [0.25, 0.3) is 0 Å². The molecule has 1 amide bonds. The van der Waals surface area contributed by atoms with E-state index in [0.29, 0.717) is 13.1 Å². The maximum absolute atomic E-state index is 12.3. The normalized spacial score (nSPS) is 13.9. The van der Waals surface area contributed by atoms with Gasteiger partial charge in [0.1, 0.15) is 0 Å². The van der Waals surface area contributed by atoms with Crippen molar-refractivity contribution in [2.24, 2.45) is 17.1 Å². The van der Waals surface area contributed by atoms with Crippen molar-refractivity contribution in [1.82, 2.24) is 4.90 Å². The maximum atomic E-state index is 12.3. The first-order valence-corrected chi connectivity index (χ1v) is 6.34. The van der Waals surface area contributed by atoms with Gasteiger partial charge in [0.2, 0.25) is 5.91 Å². The third-order valence-electron chi connectivity index (χ3n) is 2.74. The van der Waals surface area contributed by atoms with E-state index in [2.05, 4.69) is 20.8 Å². The summed E-state index contributed by atoms with van der Waals surface area (Å²) in [5.41, 5.74) is 5.79. The van der Waals surface area contributed by atoms with Gasteiger partial charge in [0.15, 0.2) is 0 Å². The van der Waals surface area contributed by atoms with Crippen molar-refractivity contribution in [2.75, 3.05) is 19.7 Å². The highest BCUT2D eigenvalue weighted by molar-refractivity contribution is 5.79. The van der Waals surface area contributed by atoms with Crippen LogP contribution in [0.4, 0.5) is 0 Å². The SMILES string of the molecule is CC(C)N(CCO)C(=O)C(CN)CC(C)(C)C. The van der Waals surface area contributed by atoms with E-state index in [-0.39, 0.29) is 29.9 Å². The monoisotopic (exact) mass is 244 g/mol. The smallest absolute Gasteiger partial charge is 0.227 e. The van der Waals surface area contributed by atoms with Gasteiger partial charge in [-0.05, 0) is 25.7 Å². The zero-order chi connectivity index (χ0) is 13.6. The van der Waals surface area contributed by atoms with Gasteiger partial charge < -0.3 is 15.7 Å². The van der Waals surface area contributed by atoms with Crippen LogP contribution in [0, 0.1) is 11.3 Å². The molecular formula is C13H28N2O2. The molecule has 0 radical (unpaired) electrons. The summed E-state index contributed by atoms with van der Waals surface area (Å²) < 4.78 is 0. The molecule has 0 aromatic heterocycles. The lowest BCUT2D eigenvalue weighted by molar-refractivity contribution is -0.138. The van der Waals surface area contributed by atoms with Crippen LogP contribution >= 0.6 is 0 Å². The number of amides is 1. The zero-order valence-corrected chi connectivity index (χ0v) is 11.9. The third-order valence-corrected chi connectivity index (χ3v) is 2.74. The summed E-state index contributed by atoms with van der Waals surface area (Å²) in [6.45, 7) is 11.0. The molecule has 3 N–H and O–H groups in total. The molecular weight excluding hydrogens is 216 g/mol. The van der Waals surface area contributed by atoms with Gasteiger partial charge in [-0.15, -0.1) is 0 Å². The van der Waals surface area contributed by atoms with E-state index in [9.17, 15) is 4.79 Å². The first-order chi connectivity index (χ1) is 7.72. The third kappa shape index (κ3) is 6.03. The fourth-order valence-corrected chi connectivity index (χ4v) is 1.98. The Kier molecular flexibility index (Phi) is 6.72. The lowest BCUT2D eigenvalue weighted by atomic mass is 9.84. The molecule has 17 heavy (non-hydrogen) atoms. The van der Waals surface area contributed by atoms with Gasteiger partial charge in [0.05, 0.1) is 12.5 Å². The van der Waals surface area contributed by atoms with Crippen LogP contribution in [0.25, 0.3) is 0 Å². The summed E-state index contributed by atoms with van der Waals surface area (Å²) in [6, 6.07) is 0.101. The number of aliphatic hydroxyl groups is 1. The van der Waals surface area contributed by atoms with Crippen molar-refractivity contribution in [3.63, 3.8) is 0 Å². The Morgan fingerprint density at radius 1 is 1.35 bits per heavy atom. The average Bonchev–Trinajstić information content (AvgIpc) is 2.19. The van der Waals surface area contributed by atoms with Crippen LogP contribution in [0.15, 0.2) is 0 Å². The van der Waals surface area contributed by atoms with E-state index in [1.165, 1.54) is 0 Å². The Morgan fingerprint density at radius 3 is 2.18 bits per heavy atom. The average molecular weight is 244 g/mol. The minimum atomic E-state index is -0.149. The summed E-state index contributed by atoms with van der Waals surface area (Å²) in [5.74, 6) is -0.0876. The van der Waals surface area contributed by atoms with Crippen LogP contribution in [0.3, 0.4) is 0 Å². The number of aliphatic hydroxyl groups excluding tert-OH is 1. The van der Waals surface area contributed by atoms with Gasteiger partial charge in [-0.1, -0.05) is 20.8 Å². The fourth-order valence-electron chi connectivity index (χ4n) is 1.98. The van der Waals surface area contributed by atoms with Crippen molar-refractivity contribution in [3.8, 4) is 0 Å². The Labute approximate surface area is 105 Å². The fraction of sp³-hybridized carbons (Fsp3) is 0.923. The predicted molar refractivity (Wildman–Crippen MR) is 70.6 cm³/mol. The Morgan fingerprint density at radius 2 is 1.88 bits per heavy atom. The Hall–Kier alpha value is -0.610. The zero-order valence-electron chi connectivity index (χ0n) is 11.9. The molecule has 0 bridgehead atoms. The van der Waals surface area contributed by atoms with Gasteiger partial charge >= 0.3 is 0 Å². The molecule has 0 saturated heterocycles. The molecule has 1 atom stereocenters. The van der Waals surface area contributed by atoms with Crippen LogP contribution in [0.1, 0.15) is 41.0 Å². The van der Waals surface area contributed by atoms with Gasteiger partial charge in [-0.2, -0.15) is 0 Å². The molecule has 0 rings (SSSR count). The summed E-state index contributed by atoms with van der Waals surface area (Å²) in [5, 5.41) is 9.00. The van der Waals surface area contributed by atoms with Crippen molar-refractivity contribution in [1.29, 1.82) is 0 Å². The highest BCUT2D eigenvalue weighted by atomic mass is 16.3. The minimum absolute atomic E-state index is 0.00324. The van der Waals surface area contributed by atoms with Crippen molar-refractivity contribution >= 4 is 5.91 Å². The number of nitrogens with two attached hydrogens (primary N) is 1. The van der Waals surface area contributed by atoms with Gasteiger partial charge in [-0.3, -0.25) is 4.79 Å². The second kappa shape index (κ2) is 6.97. The van der Waals surface area contributed by atoms with E-state index in [0.717, 1.165) is 6.42 Å². The molecule has 0 aromatic carbocycles.